The van der Waals surface area contributed by atoms with Crippen LogP contribution in [0.5, 0.6) is 0 Å². The molecule has 0 N–H and O–H groups in total. The number of hydrogen-bond donors (Lipinski definition) is 0. The summed E-state index contributed by atoms with van der Waals surface area (Å²) in [5.74, 6) is -0.686. The normalized spacial score (nSPS) is 11.1. The van der Waals surface area contributed by atoms with Crippen molar-refractivity contribution in [1.29, 1.82) is 0 Å². The van der Waals surface area contributed by atoms with Crippen molar-refractivity contribution in [2.75, 3.05) is 14.1 Å². The SMILES string of the molecule is Cc1c(C(=O)N(C)C)sc2c1c(=O)n(Cc1ccccc1)c(=O)n2Cc1ccccc1F. The van der Waals surface area contributed by atoms with Gasteiger partial charge in [0.2, 0.25) is 0 Å². The number of benzene rings is 2. The van der Waals surface area contributed by atoms with Gasteiger partial charge in [-0.05, 0) is 24.1 Å². The molecule has 0 atom stereocenters. The minimum Gasteiger partial charge on any atom is -0.344 e. The minimum atomic E-state index is -0.542. The van der Waals surface area contributed by atoms with Crippen LogP contribution in [0.1, 0.15) is 26.4 Å². The van der Waals surface area contributed by atoms with Crippen molar-refractivity contribution in [2.45, 2.75) is 20.0 Å². The van der Waals surface area contributed by atoms with Crippen LogP contribution in [0.25, 0.3) is 10.2 Å². The van der Waals surface area contributed by atoms with Gasteiger partial charge >= 0.3 is 5.69 Å². The van der Waals surface area contributed by atoms with E-state index in [-0.39, 0.29) is 19.0 Å². The molecule has 0 radical (unpaired) electrons. The van der Waals surface area contributed by atoms with Crippen LogP contribution in [-0.4, -0.2) is 34.0 Å². The molecule has 0 fully saturated rings. The molecule has 0 bridgehead atoms. The quantitative estimate of drug-likeness (QED) is 0.467. The number of amides is 1. The predicted molar refractivity (Wildman–Crippen MR) is 124 cm³/mol. The van der Waals surface area contributed by atoms with E-state index in [0.717, 1.165) is 21.5 Å². The van der Waals surface area contributed by atoms with Gasteiger partial charge in [-0.2, -0.15) is 0 Å². The average Bonchev–Trinajstić information content (AvgIpc) is 3.12. The molecule has 8 heteroatoms. The highest BCUT2D eigenvalue weighted by atomic mass is 32.1. The van der Waals surface area contributed by atoms with E-state index in [0.29, 0.717) is 26.2 Å². The van der Waals surface area contributed by atoms with Gasteiger partial charge in [0.05, 0.1) is 23.4 Å². The Hall–Kier alpha value is -3.52. The molecule has 0 aliphatic carbocycles. The van der Waals surface area contributed by atoms with Crippen LogP contribution >= 0.6 is 11.3 Å². The van der Waals surface area contributed by atoms with Crippen molar-refractivity contribution in [3.05, 3.63) is 103 Å². The van der Waals surface area contributed by atoms with Crippen LogP contribution in [0.3, 0.4) is 0 Å². The van der Waals surface area contributed by atoms with Gasteiger partial charge in [-0.15, -0.1) is 11.3 Å². The van der Waals surface area contributed by atoms with Gasteiger partial charge < -0.3 is 4.90 Å². The van der Waals surface area contributed by atoms with E-state index >= 15 is 0 Å². The maximum absolute atomic E-state index is 14.4. The fourth-order valence-corrected chi connectivity index (χ4v) is 4.96. The largest absolute Gasteiger partial charge is 0.344 e. The Kier molecular flexibility index (Phi) is 5.80. The van der Waals surface area contributed by atoms with Crippen molar-refractivity contribution in [3.63, 3.8) is 0 Å². The van der Waals surface area contributed by atoms with Crippen LogP contribution < -0.4 is 11.2 Å². The molecule has 0 aliphatic rings. The second kappa shape index (κ2) is 8.55. The highest BCUT2D eigenvalue weighted by Gasteiger charge is 2.24. The third-order valence-corrected chi connectivity index (χ3v) is 6.67. The number of carbonyl (C=O) groups excluding carboxylic acids is 1. The molecule has 6 nitrogen and oxygen atoms in total. The summed E-state index contributed by atoms with van der Waals surface area (Å²) in [7, 11) is 3.26. The van der Waals surface area contributed by atoms with Crippen molar-refractivity contribution < 1.29 is 9.18 Å². The molecule has 0 saturated heterocycles. The summed E-state index contributed by atoms with van der Waals surface area (Å²) in [4.78, 5) is 41.8. The van der Waals surface area contributed by atoms with Crippen LogP contribution in [0.15, 0.2) is 64.2 Å². The highest BCUT2D eigenvalue weighted by molar-refractivity contribution is 7.20. The first-order valence-corrected chi connectivity index (χ1v) is 10.9. The van der Waals surface area contributed by atoms with Gasteiger partial charge in [0.15, 0.2) is 0 Å². The van der Waals surface area contributed by atoms with Crippen molar-refractivity contribution in [2.24, 2.45) is 0 Å². The number of halogens is 1. The molecule has 164 valence electrons. The lowest BCUT2D eigenvalue weighted by atomic mass is 10.1. The molecule has 2 heterocycles. The summed E-state index contributed by atoms with van der Waals surface area (Å²) in [6, 6.07) is 15.4. The lowest BCUT2D eigenvalue weighted by molar-refractivity contribution is 0.0831. The first kappa shape index (κ1) is 21.7. The predicted octanol–water partition coefficient (Wildman–Crippen LogP) is 3.47. The second-order valence-electron chi connectivity index (χ2n) is 7.77. The Morgan fingerprint density at radius 2 is 1.62 bits per heavy atom. The first-order valence-electron chi connectivity index (χ1n) is 10.0. The van der Waals surface area contributed by atoms with E-state index in [2.05, 4.69) is 0 Å². The van der Waals surface area contributed by atoms with E-state index in [1.165, 1.54) is 15.5 Å². The summed E-state index contributed by atoms with van der Waals surface area (Å²) in [5, 5.41) is 0.312. The molecule has 0 unspecified atom stereocenters. The summed E-state index contributed by atoms with van der Waals surface area (Å²) in [6.45, 7) is 1.74. The molecule has 4 rings (SSSR count). The number of rotatable bonds is 5. The van der Waals surface area contributed by atoms with Gasteiger partial charge in [0.25, 0.3) is 11.5 Å². The van der Waals surface area contributed by atoms with Crippen LogP contribution in [0.2, 0.25) is 0 Å². The molecule has 2 aromatic heterocycles. The van der Waals surface area contributed by atoms with Gasteiger partial charge in [0, 0.05) is 19.7 Å². The zero-order valence-corrected chi connectivity index (χ0v) is 18.8. The number of aryl methyl sites for hydroxylation is 1. The molecule has 0 aliphatic heterocycles. The molecule has 4 aromatic rings. The third kappa shape index (κ3) is 3.78. The van der Waals surface area contributed by atoms with Crippen LogP contribution in [0, 0.1) is 12.7 Å². The van der Waals surface area contributed by atoms with Crippen LogP contribution in [-0.2, 0) is 13.1 Å². The maximum atomic E-state index is 14.4. The number of carbonyl (C=O) groups is 1. The first-order chi connectivity index (χ1) is 15.3. The van der Waals surface area contributed by atoms with Crippen molar-refractivity contribution >= 4 is 27.5 Å². The Morgan fingerprint density at radius 3 is 2.28 bits per heavy atom. The fourth-order valence-electron chi connectivity index (χ4n) is 3.64. The monoisotopic (exact) mass is 451 g/mol. The standard InChI is InChI=1S/C24H22FN3O3S/c1-15-19-21(29)27(13-16-9-5-4-6-10-16)24(31)28(14-17-11-7-8-12-18(17)25)23(19)32-20(15)22(30)26(2)3/h4-12H,13-14H2,1-3H3. The van der Waals surface area contributed by atoms with Gasteiger partial charge in [-0.1, -0.05) is 48.5 Å². The zero-order chi connectivity index (χ0) is 23.0. The summed E-state index contributed by atoms with van der Waals surface area (Å²) in [5.41, 5.74) is 0.649. The van der Waals surface area contributed by atoms with E-state index < -0.39 is 17.1 Å². The van der Waals surface area contributed by atoms with Crippen molar-refractivity contribution in [3.8, 4) is 0 Å². The number of hydrogen-bond acceptors (Lipinski definition) is 4. The Balaban J connectivity index is 2.01. The van der Waals surface area contributed by atoms with Gasteiger partial charge in [0.1, 0.15) is 10.6 Å². The topological polar surface area (TPSA) is 64.3 Å². The molecular weight excluding hydrogens is 429 g/mol. The molecular formula is C24H22FN3O3S. The average molecular weight is 452 g/mol. The second-order valence-corrected chi connectivity index (χ2v) is 8.77. The highest BCUT2D eigenvalue weighted by Crippen LogP contribution is 2.29. The molecule has 0 spiro atoms. The number of nitrogens with zero attached hydrogens (tertiary/aromatic N) is 3. The van der Waals surface area contributed by atoms with E-state index in [4.69, 9.17) is 0 Å². The lowest BCUT2D eigenvalue weighted by Gasteiger charge is -2.13. The Labute approximate surface area is 187 Å². The smallest absolute Gasteiger partial charge is 0.332 e. The number of thiophene rings is 1. The molecule has 0 saturated carbocycles. The summed E-state index contributed by atoms with van der Waals surface area (Å²) >= 11 is 1.09. The summed E-state index contributed by atoms with van der Waals surface area (Å²) in [6.07, 6.45) is 0. The van der Waals surface area contributed by atoms with E-state index in [9.17, 15) is 18.8 Å². The van der Waals surface area contributed by atoms with Gasteiger partial charge in [-0.3, -0.25) is 18.7 Å². The molecule has 2 aromatic carbocycles. The van der Waals surface area contributed by atoms with Gasteiger partial charge in [-0.25, -0.2) is 9.18 Å². The zero-order valence-electron chi connectivity index (χ0n) is 18.0. The molecule has 1 amide bonds. The van der Waals surface area contributed by atoms with Crippen molar-refractivity contribution in [1.82, 2.24) is 14.0 Å². The maximum Gasteiger partial charge on any atom is 0.332 e. The fraction of sp³-hybridized carbons (Fsp3) is 0.208. The Bertz CT molecular complexity index is 1430. The number of fused-ring (bicyclic) bond motifs is 1. The minimum absolute atomic E-state index is 0.0490. The lowest BCUT2D eigenvalue weighted by Crippen LogP contribution is -2.40. The van der Waals surface area contributed by atoms with E-state index in [1.54, 1.807) is 39.2 Å². The van der Waals surface area contributed by atoms with Crippen LogP contribution in [0.4, 0.5) is 4.39 Å². The third-order valence-electron chi connectivity index (χ3n) is 5.36. The summed E-state index contributed by atoms with van der Waals surface area (Å²) < 4.78 is 17.0. The van der Waals surface area contributed by atoms with E-state index in [1.807, 2.05) is 30.3 Å². The number of aromatic nitrogens is 2. The molecule has 32 heavy (non-hydrogen) atoms. The Morgan fingerprint density at radius 1 is 0.969 bits per heavy atom.